The fourth-order valence-corrected chi connectivity index (χ4v) is 11.5. The average molecular weight is 1010 g/mol. The van der Waals surface area contributed by atoms with Gasteiger partial charge in [0, 0.05) is 53.9 Å². The third-order valence-electron chi connectivity index (χ3n) is 13.6. The molecule has 3 aliphatic rings. The lowest BCUT2D eigenvalue weighted by atomic mass is 9.83. The molecule has 6 atom stereocenters. The molecule has 5 heterocycles. The Hall–Kier alpha value is -7.00. The number of hydrogen-bond acceptors (Lipinski definition) is 12. The molecule has 19 nitrogen and oxygen atoms in total. The number of nitrogens with two attached hydrogens (primary N) is 2. The van der Waals surface area contributed by atoms with Gasteiger partial charge in [0.05, 0.1) is 18.7 Å². The van der Waals surface area contributed by atoms with Gasteiger partial charge in [-0.3, -0.25) is 38.4 Å². The van der Waals surface area contributed by atoms with Gasteiger partial charge < -0.3 is 43.0 Å². The molecule has 0 unspecified atom stereocenters. The smallest absolute Gasteiger partial charge is 0.246 e. The van der Waals surface area contributed by atoms with Crippen LogP contribution in [-0.4, -0.2) is 110 Å². The third-order valence-corrected chi connectivity index (χ3v) is 15.5. The molecule has 0 bridgehead atoms. The van der Waals surface area contributed by atoms with Gasteiger partial charge in [-0.2, -0.15) is 0 Å². The fraction of sp³-hybridized carbons (Fsp3) is 0.440. The van der Waals surface area contributed by atoms with Crippen LogP contribution >= 0.6 is 22.7 Å². The Balaban J connectivity index is 1.15. The van der Waals surface area contributed by atoms with Gasteiger partial charge in [0.2, 0.25) is 47.3 Å². The molecule has 0 radical (unpaired) electrons. The summed E-state index contributed by atoms with van der Waals surface area (Å²) in [5, 5.41) is 27.6. The fourth-order valence-electron chi connectivity index (χ4n) is 9.75. The summed E-state index contributed by atoms with van der Waals surface area (Å²) in [7, 11) is 0. The first-order valence-electron chi connectivity index (χ1n) is 24.2. The van der Waals surface area contributed by atoms with Gasteiger partial charge in [-0.15, -0.1) is 27.8 Å². The van der Waals surface area contributed by atoms with Crippen molar-refractivity contribution in [2.45, 2.75) is 120 Å². The summed E-state index contributed by atoms with van der Waals surface area (Å²) in [6, 6.07) is 12.8. The van der Waals surface area contributed by atoms with Gasteiger partial charge in [0.1, 0.15) is 35.9 Å². The number of fused-ring (bicyclic) bond motifs is 2. The number of carbonyl (C=O) groups excluding carboxylic acids is 8. The first-order chi connectivity index (χ1) is 34.3. The van der Waals surface area contributed by atoms with Crippen LogP contribution in [0.25, 0.3) is 31.8 Å². The monoisotopic (exact) mass is 1010 g/mol. The minimum absolute atomic E-state index is 0.0323. The van der Waals surface area contributed by atoms with Crippen LogP contribution in [0.3, 0.4) is 0 Å². The number of benzene rings is 2. The molecule has 5 aromatic rings. The summed E-state index contributed by atoms with van der Waals surface area (Å²) in [6.45, 7) is 0.167. The van der Waals surface area contributed by atoms with Crippen molar-refractivity contribution in [1.29, 1.82) is 0 Å². The Morgan fingerprint density at radius 2 is 1.46 bits per heavy atom. The van der Waals surface area contributed by atoms with Crippen LogP contribution in [-0.2, 0) is 44.8 Å². The van der Waals surface area contributed by atoms with E-state index in [0.717, 1.165) is 50.9 Å². The number of nitrogens with one attached hydrogen (secondary N) is 5. The van der Waals surface area contributed by atoms with Crippen molar-refractivity contribution in [3.8, 4) is 21.7 Å². The number of primary amides is 2. The molecule has 3 aromatic heterocycles. The highest BCUT2D eigenvalue weighted by atomic mass is 32.1. The third kappa shape index (κ3) is 12.7. The van der Waals surface area contributed by atoms with Gasteiger partial charge in [-0.1, -0.05) is 73.0 Å². The minimum Gasteiger partial charge on any atom is -0.370 e. The number of carbonyl (C=O) groups is 8. The summed E-state index contributed by atoms with van der Waals surface area (Å²) in [6.07, 6.45) is 5.26. The second-order valence-electron chi connectivity index (χ2n) is 18.5. The molecule has 8 amide bonds. The standard InChI is InChI=1S/C50H59N11O8S2/c51-42(62)25-37-48(67)57-45(31-9-2-1-3-10-31)50(69)60-26-33(61-27-38(58-59-61)29-15-17-30(18-16-29)40-14-8-22-70-40)24-39(60)49(68)56-36(23-32-28-71-41-13-5-4-11-34(32)41)47(66)55-35(46(52)65)12-6-7-21-53-43(63)19-20-44(64)54-37/h4-5,8,11,13-18,22,27-28,31,33,35-37,39,45H,1-3,6-7,9-10,12,19-21,23-26H2,(H2,51,62)(H2,52,65)(H,53,63)(H,54,64)(H,55,66)(H,56,68)(H,57,67)/t33-,35-,36-,37-,39-,45-/m0/s1. The van der Waals surface area contributed by atoms with Crippen LogP contribution in [0, 0.1) is 5.92 Å². The van der Waals surface area contributed by atoms with E-state index in [1.807, 2.05) is 71.4 Å². The zero-order valence-electron chi connectivity index (χ0n) is 39.2. The van der Waals surface area contributed by atoms with E-state index >= 15 is 9.59 Å². The van der Waals surface area contributed by atoms with Crippen LogP contribution in [0.4, 0.5) is 0 Å². The number of nitrogens with zero attached hydrogens (tertiary/aromatic N) is 4. The van der Waals surface area contributed by atoms with Crippen LogP contribution < -0.4 is 38.1 Å². The van der Waals surface area contributed by atoms with Gasteiger partial charge in [0.15, 0.2) is 0 Å². The van der Waals surface area contributed by atoms with Crippen molar-refractivity contribution in [3.63, 3.8) is 0 Å². The molecule has 1 saturated carbocycles. The summed E-state index contributed by atoms with van der Waals surface area (Å²) in [5.41, 5.74) is 14.6. The van der Waals surface area contributed by atoms with Crippen LogP contribution in [0.2, 0.25) is 0 Å². The van der Waals surface area contributed by atoms with E-state index in [0.29, 0.717) is 31.4 Å². The molecule has 2 aromatic carbocycles. The van der Waals surface area contributed by atoms with Crippen molar-refractivity contribution in [2.75, 3.05) is 13.1 Å². The van der Waals surface area contributed by atoms with E-state index < -0.39 is 89.9 Å². The largest absolute Gasteiger partial charge is 0.370 e. The summed E-state index contributed by atoms with van der Waals surface area (Å²) in [4.78, 5) is 113. The molecule has 1 aliphatic carbocycles. The number of aromatic nitrogens is 3. The van der Waals surface area contributed by atoms with Crippen molar-refractivity contribution < 1.29 is 38.4 Å². The number of hydrogen-bond donors (Lipinski definition) is 7. The molecule has 374 valence electrons. The Bertz CT molecular complexity index is 2740. The maximum Gasteiger partial charge on any atom is 0.246 e. The summed E-state index contributed by atoms with van der Waals surface area (Å²) >= 11 is 3.12. The van der Waals surface area contributed by atoms with E-state index in [1.165, 1.54) is 16.2 Å². The molecule has 2 saturated heterocycles. The maximum atomic E-state index is 15.4. The second kappa shape index (κ2) is 23.3. The van der Waals surface area contributed by atoms with Gasteiger partial charge in [-0.05, 0) is 77.4 Å². The molecule has 21 heteroatoms. The SMILES string of the molecule is NC(=O)C[C@@H]1NC(=O)CCC(=O)NCCCC[C@@H](C(N)=O)NC(=O)[C@H](Cc2csc3ccccc23)NC(=O)[C@@H]2C[C@H](n3cc(-c4ccc(-c5cccs5)cc4)nn3)CN2C(=O)[C@H](C2CCCCC2)NC1=O. The first-order valence-corrected chi connectivity index (χ1v) is 25.9. The molecular weight excluding hydrogens is 947 g/mol. The van der Waals surface area contributed by atoms with E-state index in [2.05, 4.69) is 36.9 Å². The molecule has 8 rings (SSSR count). The highest BCUT2D eigenvalue weighted by Gasteiger charge is 2.46. The molecule has 2 aliphatic heterocycles. The topological polar surface area (TPSA) is 283 Å². The van der Waals surface area contributed by atoms with E-state index in [1.54, 1.807) is 22.2 Å². The van der Waals surface area contributed by atoms with E-state index in [-0.39, 0.29) is 51.1 Å². The Kier molecular flexibility index (Phi) is 16.5. The lowest BCUT2D eigenvalue weighted by molar-refractivity contribution is -0.144. The van der Waals surface area contributed by atoms with Gasteiger partial charge >= 0.3 is 0 Å². The van der Waals surface area contributed by atoms with Crippen molar-refractivity contribution in [2.24, 2.45) is 17.4 Å². The lowest BCUT2D eigenvalue weighted by Crippen LogP contribution is -2.60. The number of rotatable bonds is 9. The first kappa shape index (κ1) is 50.4. The molecule has 71 heavy (non-hydrogen) atoms. The van der Waals surface area contributed by atoms with Crippen molar-refractivity contribution in [1.82, 2.24) is 46.5 Å². The number of amides is 8. The zero-order valence-corrected chi connectivity index (χ0v) is 40.8. The van der Waals surface area contributed by atoms with Gasteiger partial charge in [0.25, 0.3) is 0 Å². The minimum atomic E-state index is -1.47. The van der Waals surface area contributed by atoms with Crippen LogP contribution in [0.5, 0.6) is 0 Å². The Labute approximate surface area is 418 Å². The highest BCUT2D eigenvalue weighted by Crippen LogP contribution is 2.34. The van der Waals surface area contributed by atoms with Crippen molar-refractivity contribution in [3.05, 3.63) is 83.2 Å². The van der Waals surface area contributed by atoms with E-state index in [4.69, 9.17) is 11.5 Å². The Morgan fingerprint density at radius 3 is 2.21 bits per heavy atom. The predicted octanol–water partition coefficient (Wildman–Crippen LogP) is 3.23. The number of thiophene rings is 2. The normalized spacial score (nSPS) is 24.0. The summed E-state index contributed by atoms with van der Waals surface area (Å²) in [5.74, 6) is -5.87. The van der Waals surface area contributed by atoms with Crippen molar-refractivity contribution >= 4 is 80.0 Å². The summed E-state index contributed by atoms with van der Waals surface area (Å²) < 4.78 is 2.59. The lowest BCUT2D eigenvalue weighted by Gasteiger charge is -2.35. The Morgan fingerprint density at radius 1 is 0.732 bits per heavy atom. The second-order valence-corrected chi connectivity index (χ2v) is 20.4. The zero-order chi connectivity index (χ0) is 50.0. The highest BCUT2D eigenvalue weighted by molar-refractivity contribution is 7.17. The molecule has 9 N–H and O–H groups in total. The van der Waals surface area contributed by atoms with Crippen LogP contribution in [0.15, 0.2) is 77.6 Å². The average Bonchev–Trinajstić information content (AvgIpc) is 4.22. The maximum absolute atomic E-state index is 15.4. The molecule has 3 fully saturated rings. The van der Waals surface area contributed by atoms with Crippen LogP contribution in [0.1, 0.15) is 88.7 Å². The molecule has 0 spiro atoms. The quantitative estimate of drug-likeness (QED) is 0.113. The molecular formula is C50H59N11O8S2. The van der Waals surface area contributed by atoms with E-state index in [9.17, 15) is 28.8 Å². The predicted molar refractivity (Wildman–Crippen MR) is 267 cm³/mol. The van der Waals surface area contributed by atoms with Gasteiger partial charge in [-0.25, -0.2) is 4.68 Å².